The molecule has 194 valence electrons. The molecule has 0 bridgehead atoms. The quantitative estimate of drug-likeness (QED) is 0.176. The number of H-pyrrole nitrogens is 1. The predicted molar refractivity (Wildman–Crippen MR) is 155 cm³/mol. The number of aromatic amines is 1. The van der Waals surface area contributed by atoms with Crippen molar-refractivity contribution in [1.29, 1.82) is 0 Å². The zero-order valence-corrected chi connectivity index (χ0v) is 22.0. The third-order valence-corrected chi connectivity index (χ3v) is 7.32. The highest BCUT2D eigenvalue weighted by atomic mass is 16.2. The van der Waals surface area contributed by atoms with Crippen molar-refractivity contribution in [2.45, 2.75) is 51.5 Å². The smallest absolute Gasteiger partial charge is 0.243 e. The van der Waals surface area contributed by atoms with Crippen LogP contribution in [0.25, 0.3) is 33.1 Å². The van der Waals surface area contributed by atoms with E-state index in [1.807, 2.05) is 30.5 Å². The Morgan fingerprint density at radius 3 is 2.47 bits per heavy atom. The van der Waals surface area contributed by atoms with Crippen LogP contribution in [0.4, 0.5) is 0 Å². The van der Waals surface area contributed by atoms with Gasteiger partial charge in [0.25, 0.3) is 0 Å². The number of unbranched alkanes of at least 4 members (excludes halogenated alkanes) is 2. The van der Waals surface area contributed by atoms with Crippen molar-refractivity contribution in [2.24, 2.45) is 0 Å². The Morgan fingerprint density at radius 1 is 0.868 bits per heavy atom. The summed E-state index contributed by atoms with van der Waals surface area (Å²) in [7, 11) is 0. The van der Waals surface area contributed by atoms with Gasteiger partial charge in [0.1, 0.15) is 11.8 Å². The number of aromatic nitrogens is 2. The van der Waals surface area contributed by atoms with E-state index in [9.17, 15) is 9.59 Å². The van der Waals surface area contributed by atoms with Gasteiger partial charge < -0.3 is 19.7 Å². The van der Waals surface area contributed by atoms with Crippen LogP contribution >= 0.6 is 0 Å². The summed E-state index contributed by atoms with van der Waals surface area (Å²) in [5.41, 5.74) is 5.65. The molecule has 0 saturated carbocycles. The Kier molecular flexibility index (Phi) is 8.03. The molecule has 2 aromatic heterocycles. The number of benzene rings is 3. The average Bonchev–Trinajstić information content (AvgIpc) is 3.53. The normalized spacial score (nSPS) is 12.1. The molecule has 1 atom stereocenters. The van der Waals surface area contributed by atoms with E-state index in [4.69, 9.17) is 0 Å². The van der Waals surface area contributed by atoms with E-state index in [1.54, 1.807) is 6.92 Å². The van der Waals surface area contributed by atoms with E-state index in [1.165, 1.54) is 10.9 Å². The zero-order chi connectivity index (χ0) is 26.3. The van der Waals surface area contributed by atoms with Crippen LogP contribution in [0, 0.1) is 0 Å². The Morgan fingerprint density at radius 2 is 1.63 bits per heavy atom. The number of carbonyl (C=O) groups excluding carboxylic acids is 2. The second-order valence-corrected chi connectivity index (χ2v) is 10.0. The minimum Gasteiger partial charge on any atom is -0.354 e. The van der Waals surface area contributed by atoms with E-state index < -0.39 is 0 Å². The first-order chi connectivity index (χ1) is 18.6. The number of para-hydroxylation sites is 2. The van der Waals surface area contributed by atoms with Crippen LogP contribution < -0.4 is 5.32 Å². The molecule has 2 N–H and O–H groups in total. The van der Waals surface area contributed by atoms with Crippen molar-refractivity contribution in [2.75, 3.05) is 6.54 Å². The molecule has 5 nitrogen and oxygen atoms in total. The molecule has 0 aliphatic rings. The van der Waals surface area contributed by atoms with Crippen molar-refractivity contribution in [1.82, 2.24) is 14.9 Å². The average molecular weight is 506 g/mol. The van der Waals surface area contributed by atoms with Gasteiger partial charge in [0, 0.05) is 41.3 Å². The van der Waals surface area contributed by atoms with E-state index >= 15 is 0 Å². The highest BCUT2D eigenvalue weighted by Gasteiger charge is 2.22. The van der Waals surface area contributed by atoms with E-state index in [-0.39, 0.29) is 17.7 Å². The summed E-state index contributed by atoms with van der Waals surface area (Å²) in [5.74, 6) is 0.266. The van der Waals surface area contributed by atoms with Crippen LogP contribution in [-0.4, -0.2) is 27.8 Å². The molecule has 0 radical (unpaired) electrons. The number of hydrogen-bond acceptors (Lipinski definition) is 2. The molecule has 0 fully saturated rings. The van der Waals surface area contributed by atoms with Crippen molar-refractivity contribution < 1.29 is 9.59 Å². The maximum Gasteiger partial charge on any atom is 0.243 e. The van der Waals surface area contributed by atoms with Gasteiger partial charge in [0.05, 0.1) is 0 Å². The second kappa shape index (κ2) is 12.0. The van der Waals surface area contributed by atoms with Gasteiger partial charge in [0.15, 0.2) is 0 Å². The summed E-state index contributed by atoms with van der Waals surface area (Å²) in [6.07, 6.45) is 6.83. The van der Waals surface area contributed by atoms with E-state index in [2.05, 4.69) is 75.5 Å². The van der Waals surface area contributed by atoms with Crippen LogP contribution in [0.3, 0.4) is 0 Å². The number of Topliss-reactive ketones (excluding diaryl/α,β-unsaturated/α-hetero) is 1. The maximum absolute atomic E-state index is 13.6. The molecule has 0 saturated heterocycles. The first-order valence-electron chi connectivity index (χ1n) is 13.6. The molecular formula is C33H35N3O2. The number of hydrogen-bond donors (Lipinski definition) is 2. The molecule has 38 heavy (non-hydrogen) atoms. The number of rotatable bonds is 12. The monoisotopic (exact) mass is 505 g/mol. The lowest BCUT2D eigenvalue weighted by Gasteiger charge is -2.20. The van der Waals surface area contributed by atoms with Crippen molar-refractivity contribution in [3.8, 4) is 11.3 Å². The second-order valence-electron chi connectivity index (χ2n) is 10.0. The highest BCUT2D eigenvalue weighted by molar-refractivity contribution is 5.91. The Labute approximate surface area is 223 Å². The molecular weight excluding hydrogens is 470 g/mol. The highest BCUT2D eigenvalue weighted by Crippen LogP contribution is 2.31. The van der Waals surface area contributed by atoms with Gasteiger partial charge in [0.2, 0.25) is 5.91 Å². The summed E-state index contributed by atoms with van der Waals surface area (Å²) in [4.78, 5) is 28.5. The van der Waals surface area contributed by atoms with Crippen LogP contribution in [-0.2, 0) is 16.0 Å². The van der Waals surface area contributed by atoms with Gasteiger partial charge >= 0.3 is 0 Å². The zero-order valence-electron chi connectivity index (χ0n) is 22.0. The Bertz CT molecular complexity index is 1530. The number of carbonyl (C=O) groups is 2. The lowest BCUT2D eigenvalue weighted by Crippen LogP contribution is -2.33. The maximum atomic E-state index is 13.6. The van der Waals surface area contributed by atoms with Gasteiger partial charge in [-0.05, 0) is 60.9 Å². The number of fused-ring (bicyclic) bond motifs is 2. The summed E-state index contributed by atoms with van der Waals surface area (Å²) in [6, 6.07) is 28.7. The van der Waals surface area contributed by atoms with Crippen LogP contribution in [0.5, 0.6) is 0 Å². The third-order valence-electron chi connectivity index (χ3n) is 7.32. The topological polar surface area (TPSA) is 66.9 Å². The van der Waals surface area contributed by atoms with Crippen molar-refractivity contribution in [3.05, 3.63) is 96.7 Å². The number of nitrogens with one attached hydrogen (secondary N) is 2. The van der Waals surface area contributed by atoms with E-state index in [0.717, 1.165) is 59.8 Å². The number of ketones is 1. The summed E-state index contributed by atoms with van der Waals surface area (Å²) >= 11 is 0. The summed E-state index contributed by atoms with van der Waals surface area (Å²) in [6.45, 7) is 2.19. The lowest BCUT2D eigenvalue weighted by molar-refractivity contribution is -0.124. The molecule has 0 spiro atoms. The standard InChI is InChI=1S/C33H35N3O2/c1-24(37)12-4-2-7-19-31(36-23-21-25-13-8-11-18-30(25)36)33(38)34-22-20-28-27-16-9-10-17-29(27)35-32(28)26-14-5-3-6-15-26/h3,5-6,8-11,13-18,21,23,31,35H,2,4,7,12,19-20,22H2,1H3,(H,34,38)/t31-/m0/s1. The molecule has 3 aromatic carbocycles. The summed E-state index contributed by atoms with van der Waals surface area (Å²) < 4.78 is 2.11. The fraction of sp³-hybridized carbons (Fsp3) is 0.273. The van der Waals surface area contributed by atoms with Gasteiger partial charge in [-0.3, -0.25) is 4.79 Å². The molecule has 0 aliphatic carbocycles. The van der Waals surface area contributed by atoms with Gasteiger partial charge in [-0.2, -0.15) is 0 Å². The Balaban J connectivity index is 1.32. The molecule has 0 unspecified atom stereocenters. The van der Waals surface area contributed by atoms with Gasteiger partial charge in [-0.25, -0.2) is 0 Å². The third kappa shape index (κ3) is 5.72. The predicted octanol–water partition coefficient (Wildman–Crippen LogP) is 7.23. The van der Waals surface area contributed by atoms with Crippen LogP contribution in [0.1, 0.15) is 50.6 Å². The number of amides is 1. The molecule has 5 aromatic rings. The first-order valence-corrected chi connectivity index (χ1v) is 13.6. The minimum atomic E-state index is -0.288. The van der Waals surface area contributed by atoms with Gasteiger partial charge in [-0.1, -0.05) is 79.6 Å². The largest absolute Gasteiger partial charge is 0.354 e. The molecule has 0 aliphatic heterocycles. The van der Waals surface area contributed by atoms with E-state index in [0.29, 0.717) is 13.0 Å². The molecule has 5 rings (SSSR count). The molecule has 1 amide bonds. The fourth-order valence-electron chi connectivity index (χ4n) is 5.40. The number of nitrogens with zero attached hydrogens (tertiary/aromatic N) is 1. The fourth-order valence-corrected chi connectivity index (χ4v) is 5.40. The van der Waals surface area contributed by atoms with Crippen LogP contribution in [0.15, 0.2) is 91.1 Å². The molecule has 5 heteroatoms. The first kappa shape index (κ1) is 25.5. The van der Waals surface area contributed by atoms with Crippen molar-refractivity contribution >= 4 is 33.5 Å². The van der Waals surface area contributed by atoms with Crippen molar-refractivity contribution in [3.63, 3.8) is 0 Å². The minimum absolute atomic E-state index is 0.0408. The lowest BCUT2D eigenvalue weighted by atomic mass is 10.0. The van der Waals surface area contributed by atoms with Crippen LogP contribution in [0.2, 0.25) is 0 Å². The summed E-state index contributed by atoms with van der Waals surface area (Å²) in [5, 5.41) is 5.57. The van der Waals surface area contributed by atoms with Gasteiger partial charge in [-0.15, -0.1) is 0 Å². The Hall–Kier alpha value is -4.12. The molecule has 2 heterocycles. The SMILES string of the molecule is CC(=O)CCCCC[C@@H](C(=O)NCCc1c(-c2ccccc2)[nH]c2ccccc12)n1ccc2ccccc21.